The molecule has 1 aliphatic carbocycles. The van der Waals surface area contributed by atoms with E-state index in [2.05, 4.69) is 0 Å². The van der Waals surface area contributed by atoms with Crippen LogP contribution in [0.2, 0.25) is 0 Å². The Bertz CT molecular complexity index is 273. The first-order valence-corrected chi connectivity index (χ1v) is 6.60. The van der Waals surface area contributed by atoms with Crippen molar-refractivity contribution in [1.29, 1.82) is 0 Å². The molecule has 0 spiro atoms. The van der Waals surface area contributed by atoms with Crippen LogP contribution in [0.5, 0.6) is 0 Å². The minimum absolute atomic E-state index is 0.0242. The van der Waals surface area contributed by atoms with E-state index in [4.69, 9.17) is 9.84 Å². The Morgan fingerprint density at radius 3 is 2.33 bits per heavy atom. The summed E-state index contributed by atoms with van der Waals surface area (Å²) in [6.45, 7) is 3.57. The van der Waals surface area contributed by atoms with Gasteiger partial charge in [0.05, 0.1) is 6.10 Å². The van der Waals surface area contributed by atoms with Crippen LogP contribution in [0.15, 0.2) is 0 Å². The molecule has 0 aromatic carbocycles. The molecule has 1 rings (SSSR count). The summed E-state index contributed by atoms with van der Waals surface area (Å²) in [6, 6.07) is 0. The lowest BCUT2D eigenvalue weighted by atomic mass is 9.96. The molecule has 0 aromatic rings. The van der Waals surface area contributed by atoms with Gasteiger partial charge in [-0.15, -0.1) is 0 Å². The number of hydrogen-bond donors (Lipinski definition) is 1. The first-order valence-electron chi connectivity index (χ1n) is 6.60. The highest BCUT2D eigenvalue weighted by Gasteiger charge is 2.49. The van der Waals surface area contributed by atoms with Crippen LogP contribution < -0.4 is 0 Å². The van der Waals surface area contributed by atoms with E-state index in [1.54, 1.807) is 13.8 Å². The first kappa shape index (κ1) is 15.3. The van der Waals surface area contributed by atoms with Gasteiger partial charge >= 0.3 is 11.9 Å². The Kier molecular flexibility index (Phi) is 5.50. The number of hydrogen-bond acceptors (Lipinski definition) is 2. The molecule has 1 aliphatic rings. The van der Waals surface area contributed by atoms with Crippen molar-refractivity contribution in [3.63, 3.8) is 0 Å². The molecule has 0 amide bonds. The molecule has 1 saturated carbocycles. The van der Waals surface area contributed by atoms with Gasteiger partial charge in [-0.2, -0.15) is 8.78 Å². The van der Waals surface area contributed by atoms with E-state index >= 15 is 0 Å². The van der Waals surface area contributed by atoms with E-state index in [1.807, 2.05) is 0 Å². The number of rotatable bonds is 6. The van der Waals surface area contributed by atoms with Crippen LogP contribution >= 0.6 is 0 Å². The second kappa shape index (κ2) is 6.45. The molecule has 1 unspecified atom stereocenters. The zero-order valence-electron chi connectivity index (χ0n) is 11.0. The molecule has 0 aromatic heterocycles. The maximum Gasteiger partial charge on any atom is 0.377 e. The Labute approximate surface area is 107 Å². The van der Waals surface area contributed by atoms with Gasteiger partial charge in [-0.1, -0.05) is 33.1 Å². The van der Waals surface area contributed by atoms with Gasteiger partial charge in [0.2, 0.25) is 0 Å². The van der Waals surface area contributed by atoms with Crippen LogP contribution in [0.3, 0.4) is 0 Å². The summed E-state index contributed by atoms with van der Waals surface area (Å²) < 4.78 is 32.6. The maximum atomic E-state index is 13.6. The normalized spacial score (nSPS) is 20.1. The summed E-state index contributed by atoms with van der Waals surface area (Å²) in [5.74, 6) is -5.92. The molecule has 0 bridgehead atoms. The van der Waals surface area contributed by atoms with Crippen LogP contribution in [-0.4, -0.2) is 29.2 Å². The minimum atomic E-state index is -3.80. The summed E-state index contributed by atoms with van der Waals surface area (Å²) in [7, 11) is 0. The van der Waals surface area contributed by atoms with Gasteiger partial charge in [-0.05, 0) is 25.2 Å². The van der Waals surface area contributed by atoms with Gasteiger partial charge in [0.25, 0.3) is 0 Å². The Morgan fingerprint density at radius 1 is 1.33 bits per heavy atom. The standard InChI is InChI=1S/C13H22F2O3/c1-9(2)8-11(13(14,15)12(16)17)18-10-6-4-3-5-7-10/h9-11H,3-8H2,1-2H3,(H,16,17). The molecular formula is C13H22F2O3. The summed E-state index contributed by atoms with van der Waals surface area (Å²) in [5.41, 5.74) is 0. The van der Waals surface area contributed by atoms with E-state index in [0.717, 1.165) is 32.1 Å². The fraction of sp³-hybridized carbons (Fsp3) is 0.923. The number of ether oxygens (including phenoxy) is 1. The van der Waals surface area contributed by atoms with Crippen molar-refractivity contribution in [3.05, 3.63) is 0 Å². The molecule has 1 fully saturated rings. The summed E-state index contributed by atoms with van der Waals surface area (Å²) in [4.78, 5) is 10.7. The van der Waals surface area contributed by atoms with Crippen molar-refractivity contribution in [2.24, 2.45) is 5.92 Å². The molecule has 0 aliphatic heterocycles. The molecule has 0 heterocycles. The quantitative estimate of drug-likeness (QED) is 0.799. The van der Waals surface area contributed by atoms with Crippen molar-refractivity contribution in [3.8, 4) is 0 Å². The van der Waals surface area contributed by atoms with Crippen molar-refractivity contribution in [2.75, 3.05) is 0 Å². The zero-order chi connectivity index (χ0) is 13.8. The van der Waals surface area contributed by atoms with Crippen LogP contribution in [-0.2, 0) is 9.53 Å². The highest BCUT2D eigenvalue weighted by Crippen LogP contribution is 2.31. The van der Waals surface area contributed by atoms with Gasteiger partial charge in [0.1, 0.15) is 6.10 Å². The molecular weight excluding hydrogens is 242 g/mol. The number of halogens is 2. The zero-order valence-corrected chi connectivity index (χ0v) is 11.0. The Morgan fingerprint density at radius 2 is 1.89 bits per heavy atom. The molecule has 5 heteroatoms. The highest BCUT2D eigenvalue weighted by molar-refractivity contribution is 5.76. The smallest absolute Gasteiger partial charge is 0.377 e. The van der Waals surface area contributed by atoms with Crippen molar-refractivity contribution >= 4 is 5.97 Å². The van der Waals surface area contributed by atoms with Crippen molar-refractivity contribution in [2.45, 2.75) is 70.5 Å². The summed E-state index contributed by atoms with van der Waals surface area (Å²) in [5, 5.41) is 8.62. The van der Waals surface area contributed by atoms with Crippen LogP contribution in [0, 0.1) is 5.92 Å². The lowest BCUT2D eigenvalue weighted by Crippen LogP contribution is -2.45. The Hall–Kier alpha value is -0.710. The average molecular weight is 264 g/mol. The van der Waals surface area contributed by atoms with Gasteiger partial charge in [0.15, 0.2) is 0 Å². The predicted molar refractivity (Wildman–Crippen MR) is 63.8 cm³/mol. The molecule has 0 radical (unpaired) electrons. The third-order valence-electron chi connectivity index (χ3n) is 3.28. The fourth-order valence-corrected chi connectivity index (χ4v) is 2.29. The number of alkyl halides is 2. The summed E-state index contributed by atoms with van der Waals surface area (Å²) in [6.07, 6.45) is 2.88. The van der Waals surface area contributed by atoms with Crippen molar-refractivity contribution in [1.82, 2.24) is 0 Å². The van der Waals surface area contributed by atoms with Crippen LogP contribution in [0.4, 0.5) is 8.78 Å². The number of carboxylic acids is 1. The minimum Gasteiger partial charge on any atom is -0.477 e. The average Bonchev–Trinajstić information content (AvgIpc) is 2.28. The van der Waals surface area contributed by atoms with E-state index in [0.29, 0.717) is 0 Å². The third-order valence-corrected chi connectivity index (χ3v) is 3.28. The van der Waals surface area contributed by atoms with Gasteiger partial charge in [-0.3, -0.25) is 0 Å². The second-order valence-corrected chi connectivity index (χ2v) is 5.44. The van der Waals surface area contributed by atoms with E-state index < -0.39 is 18.0 Å². The van der Waals surface area contributed by atoms with Gasteiger partial charge in [-0.25, -0.2) is 4.79 Å². The molecule has 106 valence electrons. The molecule has 18 heavy (non-hydrogen) atoms. The number of carbonyl (C=O) groups is 1. The van der Waals surface area contributed by atoms with Gasteiger partial charge < -0.3 is 9.84 Å². The SMILES string of the molecule is CC(C)CC(OC1CCCCC1)C(F)(F)C(=O)O. The second-order valence-electron chi connectivity index (χ2n) is 5.44. The van der Waals surface area contributed by atoms with Gasteiger partial charge in [0, 0.05) is 0 Å². The molecule has 3 nitrogen and oxygen atoms in total. The third kappa shape index (κ3) is 4.19. The highest BCUT2D eigenvalue weighted by atomic mass is 19.3. The van der Waals surface area contributed by atoms with E-state index in [1.165, 1.54) is 0 Å². The van der Waals surface area contributed by atoms with Crippen LogP contribution in [0.25, 0.3) is 0 Å². The van der Waals surface area contributed by atoms with E-state index in [-0.39, 0.29) is 18.4 Å². The molecule has 1 atom stereocenters. The largest absolute Gasteiger partial charge is 0.477 e. The molecule has 1 N–H and O–H groups in total. The van der Waals surface area contributed by atoms with Crippen LogP contribution in [0.1, 0.15) is 52.4 Å². The topological polar surface area (TPSA) is 46.5 Å². The number of aliphatic carboxylic acids is 1. The summed E-state index contributed by atoms with van der Waals surface area (Å²) >= 11 is 0. The number of carboxylic acid groups (broad SMARTS) is 1. The van der Waals surface area contributed by atoms with Crippen molar-refractivity contribution < 1.29 is 23.4 Å². The maximum absolute atomic E-state index is 13.6. The predicted octanol–water partition coefficient (Wildman–Crippen LogP) is 3.47. The first-order chi connectivity index (χ1) is 8.34. The fourth-order valence-electron chi connectivity index (χ4n) is 2.29. The lowest BCUT2D eigenvalue weighted by molar-refractivity contribution is -0.200. The monoisotopic (exact) mass is 264 g/mol. The van der Waals surface area contributed by atoms with E-state index in [9.17, 15) is 13.6 Å². The Balaban J connectivity index is 2.68. The lowest BCUT2D eigenvalue weighted by Gasteiger charge is -2.31. The molecule has 0 saturated heterocycles.